The molecule has 20 heavy (non-hydrogen) atoms. The summed E-state index contributed by atoms with van der Waals surface area (Å²) in [5, 5.41) is 12.4. The first-order chi connectivity index (χ1) is 9.28. The molecule has 1 aromatic rings. The molecule has 1 N–H and O–H groups in total. The first-order valence-corrected chi connectivity index (χ1v) is 8.34. The molecule has 0 aliphatic carbocycles. The van der Waals surface area contributed by atoms with E-state index in [0.29, 0.717) is 13.1 Å². The van der Waals surface area contributed by atoms with Gasteiger partial charge in [0.25, 0.3) is 0 Å². The van der Waals surface area contributed by atoms with Gasteiger partial charge in [-0.15, -0.1) is 11.3 Å². The summed E-state index contributed by atoms with van der Waals surface area (Å²) in [7, 11) is 0. The van der Waals surface area contributed by atoms with E-state index in [9.17, 15) is 9.90 Å². The van der Waals surface area contributed by atoms with Gasteiger partial charge >= 0.3 is 6.09 Å². The first kappa shape index (κ1) is 15.8. The van der Waals surface area contributed by atoms with E-state index in [-0.39, 0.29) is 12.0 Å². The molecule has 1 amide bonds. The summed E-state index contributed by atoms with van der Waals surface area (Å²) in [6.07, 6.45) is -0.0284. The molecule has 0 aromatic carbocycles. The van der Waals surface area contributed by atoms with Gasteiger partial charge in [0.2, 0.25) is 0 Å². The average Bonchev–Trinajstić information content (AvgIpc) is 2.94. The maximum absolute atomic E-state index is 12.0. The van der Waals surface area contributed by atoms with Crippen LogP contribution in [0.5, 0.6) is 0 Å². The maximum atomic E-state index is 12.0. The molecule has 1 aliphatic rings. The lowest BCUT2D eigenvalue weighted by Crippen LogP contribution is -2.35. The Kier molecular flexibility index (Phi) is 4.76. The number of likely N-dealkylation sites (tertiary alicyclic amines) is 1. The molecule has 1 aromatic heterocycles. The summed E-state index contributed by atoms with van der Waals surface area (Å²) in [5.74, 6) is 0.0671. The molecule has 2 heterocycles. The number of rotatable bonds is 2. The minimum atomic E-state index is -0.531. The van der Waals surface area contributed by atoms with Gasteiger partial charge in [0.15, 0.2) is 0 Å². The number of halogens is 1. The molecule has 1 fully saturated rings. The van der Waals surface area contributed by atoms with Crippen molar-refractivity contribution in [2.24, 2.45) is 5.92 Å². The van der Waals surface area contributed by atoms with E-state index < -0.39 is 11.7 Å². The zero-order chi connectivity index (χ0) is 14.9. The average molecular weight is 362 g/mol. The fraction of sp³-hybridized carbons (Fsp3) is 0.643. The number of hydrogen-bond donors (Lipinski definition) is 1. The molecule has 0 radical (unpaired) electrons. The summed E-state index contributed by atoms with van der Waals surface area (Å²) in [4.78, 5) is 14.6. The molecular weight excluding hydrogens is 342 g/mol. The second kappa shape index (κ2) is 6.03. The zero-order valence-corrected chi connectivity index (χ0v) is 14.3. The highest BCUT2D eigenvalue weighted by molar-refractivity contribution is 9.10. The van der Waals surface area contributed by atoms with Gasteiger partial charge < -0.3 is 14.7 Å². The van der Waals surface area contributed by atoms with E-state index in [4.69, 9.17) is 4.74 Å². The van der Waals surface area contributed by atoms with Crippen molar-refractivity contribution in [3.8, 4) is 0 Å². The van der Waals surface area contributed by atoms with E-state index in [1.165, 1.54) is 11.3 Å². The lowest BCUT2D eigenvalue weighted by molar-refractivity contribution is 0.0269. The molecule has 2 rings (SSSR count). The lowest BCUT2D eigenvalue weighted by Gasteiger charge is -2.25. The van der Waals surface area contributed by atoms with Crippen LogP contribution in [0.15, 0.2) is 15.9 Å². The highest BCUT2D eigenvalue weighted by atomic mass is 79.9. The lowest BCUT2D eigenvalue weighted by atomic mass is 10.0. The standard InChI is InChI=1S/C14H20BrNO3S/c1-14(2,3)19-13(18)16-6-4-9(8-16)11(17)12-10(15)5-7-20-12/h5,7,9,11,17H,4,6,8H2,1-3H3. The predicted octanol–water partition coefficient (Wildman–Crippen LogP) is 3.80. The fourth-order valence-corrected chi connectivity index (χ4v) is 3.95. The number of amides is 1. The summed E-state index contributed by atoms with van der Waals surface area (Å²) in [6.45, 7) is 6.75. The minimum absolute atomic E-state index is 0.0671. The van der Waals surface area contributed by atoms with Gasteiger partial charge in [-0.2, -0.15) is 0 Å². The highest BCUT2D eigenvalue weighted by Crippen LogP contribution is 2.37. The van der Waals surface area contributed by atoms with Crippen LogP contribution in [0.25, 0.3) is 0 Å². The Bertz CT molecular complexity index is 483. The second-order valence-corrected chi connectivity index (χ2v) is 7.85. The number of nitrogens with zero attached hydrogens (tertiary/aromatic N) is 1. The minimum Gasteiger partial charge on any atom is -0.444 e. The van der Waals surface area contributed by atoms with Crippen molar-refractivity contribution in [1.82, 2.24) is 4.90 Å². The van der Waals surface area contributed by atoms with Crippen LogP contribution in [0.1, 0.15) is 38.2 Å². The van der Waals surface area contributed by atoms with Crippen LogP contribution in [0, 0.1) is 5.92 Å². The van der Waals surface area contributed by atoms with Gasteiger partial charge in [-0.1, -0.05) is 0 Å². The molecule has 1 saturated heterocycles. The Balaban J connectivity index is 1.95. The number of aliphatic hydroxyl groups is 1. The third kappa shape index (κ3) is 3.74. The zero-order valence-electron chi connectivity index (χ0n) is 11.9. The summed E-state index contributed by atoms with van der Waals surface area (Å²) in [5.41, 5.74) is -0.482. The van der Waals surface area contributed by atoms with Crippen LogP contribution in [0.3, 0.4) is 0 Å². The molecule has 112 valence electrons. The van der Waals surface area contributed by atoms with Crippen molar-refractivity contribution in [1.29, 1.82) is 0 Å². The van der Waals surface area contributed by atoms with E-state index >= 15 is 0 Å². The van der Waals surface area contributed by atoms with Gasteiger partial charge in [-0.25, -0.2) is 4.79 Å². The third-order valence-electron chi connectivity index (χ3n) is 3.24. The van der Waals surface area contributed by atoms with Crippen molar-refractivity contribution in [3.63, 3.8) is 0 Å². The molecule has 2 unspecified atom stereocenters. The molecule has 0 bridgehead atoms. The van der Waals surface area contributed by atoms with E-state index in [1.807, 2.05) is 32.2 Å². The maximum Gasteiger partial charge on any atom is 0.410 e. The Morgan fingerprint density at radius 1 is 1.60 bits per heavy atom. The van der Waals surface area contributed by atoms with Gasteiger partial charge in [0, 0.05) is 28.4 Å². The summed E-state index contributed by atoms with van der Waals surface area (Å²) < 4.78 is 6.30. The first-order valence-electron chi connectivity index (χ1n) is 6.67. The van der Waals surface area contributed by atoms with Crippen LogP contribution < -0.4 is 0 Å². The number of hydrogen-bond acceptors (Lipinski definition) is 4. The summed E-state index contributed by atoms with van der Waals surface area (Å²) in [6, 6.07) is 1.93. The van der Waals surface area contributed by atoms with Crippen LogP contribution in [-0.2, 0) is 4.74 Å². The Morgan fingerprint density at radius 3 is 2.85 bits per heavy atom. The highest BCUT2D eigenvalue weighted by Gasteiger charge is 2.34. The van der Waals surface area contributed by atoms with Crippen molar-refractivity contribution >= 4 is 33.4 Å². The number of carbonyl (C=O) groups excluding carboxylic acids is 1. The molecule has 0 spiro atoms. The van der Waals surface area contributed by atoms with Gasteiger partial charge in [-0.3, -0.25) is 0 Å². The molecule has 0 saturated carbocycles. The molecule has 6 heteroatoms. The van der Waals surface area contributed by atoms with Crippen molar-refractivity contribution in [2.75, 3.05) is 13.1 Å². The molecule has 1 aliphatic heterocycles. The van der Waals surface area contributed by atoms with Crippen molar-refractivity contribution in [3.05, 3.63) is 20.8 Å². The Hall–Kier alpha value is -0.590. The van der Waals surface area contributed by atoms with Crippen molar-refractivity contribution in [2.45, 2.75) is 38.9 Å². The summed E-state index contributed by atoms with van der Waals surface area (Å²) >= 11 is 4.98. The topological polar surface area (TPSA) is 49.8 Å². The number of ether oxygens (including phenoxy) is 1. The Morgan fingerprint density at radius 2 is 2.30 bits per heavy atom. The number of thiophene rings is 1. The van der Waals surface area contributed by atoms with Crippen molar-refractivity contribution < 1.29 is 14.6 Å². The third-order valence-corrected chi connectivity index (χ3v) is 5.18. The monoisotopic (exact) mass is 361 g/mol. The van der Waals surface area contributed by atoms with Gasteiger partial charge in [0.05, 0.1) is 6.10 Å². The SMILES string of the molecule is CC(C)(C)OC(=O)N1CCC(C(O)c2sccc2Br)C1. The van der Waals surface area contributed by atoms with E-state index in [1.54, 1.807) is 4.90 Å². The van der Waals surface area contributed by atoms with Crippen LogP contribution >= 0.6 is 27.3 Å². The van der Waals surface area contributed by atoms with Crippen LogP contribution in [-0.4, -0.2) is 34.8 Å². The number of aliphatic hydroxyl groups excluding tert-OH is 1. The Labute approximate surface area is 131 Å². The smallest absolute Gasteiger partial charge is 0.410 e. The predicted molar refractivity (Wildman–Crippen MR) is 82.9 cm³/mol. The van der Waals surface area contributed by atoms with Gasteiger partial charge in [0.1, 0.15) is 5.60 Å². The quantitative estimate of drug-likeness (QED) is 0.871. The van der Waals surface area contributed by atoms with Gasteiger partial charge in [-0.05, 0) is 54.6 Å². The normalized spacial score (nSPS) is 21.1. The fourth-order valence-electron chi connectivity index (χ4n) is 2.27. The molecule has 2 atom stereocenters. The van der Waals surface area contributed by atoms with Crippen LogP contribution in [0.2, 0.25) is 0 Å². The molecule has 4 nitrogen and oxygen atoms in total. The van der Waals surface area contributed by atoms with E-state index in [2.05, 4.69) is 15.9 Å². The molecular formula is C14H20BrNO3S. The second-order valence-electron chi connectivity index (χ2n) is 6.05. The largest absolute Gasteiger partial charge is 0.444 e. The van der Waals surface area contributed by atoms with Crippen LogP contribution in [0.4, 0.5) is 4.79 Å². The number of carbonyl (C=O) groups is 1. The van der Waals surface area contributed by atoms with E-state index in [0.717, 1.165) is 15.8 Å².